The Bertz CT molecular complexity index is 2050. The Morgan fingerprint density at radius 3 is 2.21 bits per heavy atom. The number of nitrogens with two attached hydrogens (primary N) is 4. The molecule has 3 aliphatic rings. The van der Waals surface area contributed by atoms with Crippen LogP contribution in [0.15, 0.2) is 65.8 Å². The van der Waals surface area contributed by atoms with Gasteiger partial charge < -0.3 is 48.8 Å². The molecular formula is C44H61N11O6. The molecule has 3 fully saturated rings. The lowest BCUT2D eigenvalue weighted by Crippen LogP contribution is -2.63. The van der Waals surface area contributed by atoms with E-state index in [4.69, 9.17) is 22.9 Å². The van der Waals surface area contributed by atoms with Gasteiger partial charge in [-0.3, -0.25) is 38.7 Å². The average Bonchev–Trinajstić information content (AvgIpc) is 3.92. The number of benzene rings is 2. The molecule has 0 radical (unpaired) electrons. The van der Waals surface area contributed by atoms with E-state index < -0.39 is 71.7 Å². The van der Waals surface area contributed by atoms with E-state index >= 15 is 4.79 Å². The monoisotopic (exact) mass is 839 g/mol. The van der Waals surface area contributed by atoms with Gasteiger partial charge in [-0.2, -0.15) is 0 Å². The van der Waals surface area contributed by atoms with Crippen LogP contribution in [0.25, 0.3) is 10.9 Å². The predicted molar refractivity (Wildman–Crippen MR) is 231 cm³/mol. The van der Waals surface area contributed by atoms with Crippen molar-refractivity contribution in [2.45, 2.75) is 120 Å². The molecule has 1 saturated carbocycles. The molecule has 61 heavy (non-hydrogen) atoms. The second-order valence-corrected chi connectivity index (χ2v) is 16.6. The number of amides is 6. The van der Waals surface area contributed by atoms with Crippen LogP contribution in [0.3, 0.4) is 0 Å². The first-order chi connectivity index (χ1) is 29.4. The van der Waals surface area contributed by atoms with E-state index in [2.05, 4.69) is 25.9 Å². The van der Waals surface area contributed by atoms with E-state index in [9.17, 15) is 24.0 Å². The molecular weight excluding hydrogens is 779 g/mol. The highest BCUT2D eigenvalue weighted by Crippen LogP contribution is 2.29. The standard InChI is InChI=1S/C44H61N11O6/c45-20-19-37-43(61)54-22-10-18-36(54)40(58)53-34(24-28-13-5-2-6-14-28)38(56)52-35(25-29-26-50-32-16-8-7-15-30(29)32)39(57)51-33(17-9-21-49-44(47)48)42(60)55(37)41(59)31(46)23-27-11-3-1-4-12-27/h1,3-4,7-8,11-12,15-16,26,28,31,33-37,50H,2,5-6,9-10,13-14,17-25,45-46H2,(H,51,57)(H,52,56)(H,53,58)(H4,47,48,49)/t31-,33+,34-,35+,36+,37+/m1/s1. The molecule has 0 spiro atoms. The second-order valence-electron chi connectivity index (χ2n) is 16.6. The highest BCUT2D eigenvalue weighted by Gasteiger charge is 2.46. The molecule has 1 aromatic heterocycles. The minimum Gasteiger partial charge on any atom is -0.370 e. The third-order valence-electron chi connectivity index (χ3n) is 12.2. The number of para-hydroxylation sites is 1. The van der Waals surface area contributed by atoms with E-state index in [1.807, 2.05) is 30.3 Å². The Hall–Kier alpha value is -5.81. The second kappa shape index (κ2) is 21.1. The minimum atomic E-state index is -1.46. The van der Waals surface area contributed by atoms with E-state index in [0.717, 1.165) is 59.0 Å². The molecule has 1 aliphatic carbocycles. The van der Waals surface area contributed by atoms with Gasteiger partial charge in [-0.1, -0.05) is 80.6 Å². The number of imide groups is 1. The van der Waals surface area contributed by atoms with Crippen molar-refractivity contribution in [3.63, 3.8) is 0 Å². The molecule has 328 valence electrons. The van der Waals surface area contributed by atoms with Crippen LogP contribution in [0.1, 0.15) is 81.8 Å². The molecule has 0 unspecified atom stereocenters. The normalized spacial score (nSPS) is 24.0. The lowest BCUT2D eigenvalue weighted by atomic mass is 9.84. The molecule has 6 atom stereocenters. The zero-order valence-electron chi connectivity index (χ0n) is 34.7. The van der Waals surface area contributed by atoms with Gasteiger partial charge in [-0.25, -0.2) is 0 Å². The molecule has 6 rings (SSSR count). The van der Waals surface area contributed by atoms with Gasteiger partial charge in [0.05, 0.1) is 6.04 Å². The summed E-state index contributed by atoms with van der Waals surface area (Å²) >= 11 is 0. The fourth-order valence-electron chi connectivity index (χ4n) is 9.02. The van der Waals surface area contributed by atoms with Crippen molar-refractivity contribution in [1.29, 1.82) is 0 Å². The maximum Gasteiger partial charge on any atom is 0.252 e. The SMILES string of the molecule is NCC[C@H]1C(=O)N2CCC[C@H]2C(=O)N[C@H](CC2CCCCC2)C(=O)N[C@@H](Cc2c[nH]c3ccccc23)C(=O)N[C@@H](CCCN=C(N)N)C(=O)N1C(=O)[C@H](N)Cc1ccccc1. The van der Waals surface area contributed by atoms with Gasteiger partial charge in [0, 0.05) is 36.6 Å². The maximum absolute atomic E-state index is 15.1. The first kappa shape index (κ1) is 44.7. The van der Waals surface area contributed by atoms with Crippen LogP contribution in [-0.4, -0.2) is 112 Å². The Morgan fingerprint density at radius 2 is 1.48 bits per heavy atom. The highest BCUT2D eigenvalue weighted by atomic mass is 16.2. The third kappa shape index (κ3) is 11.3. The Morgan fingerprint density at radius 1 is 0.787 bits per heavy atom. The van der Waals surface area contributed by atoms with Crippen molar-refractivity contribution in [1.82, 2.24) is 30.7 Å². The van der Waals surface area contributed by atoms with Gasteiger partial charge in [0.25, 0.3) is 5.91 Å². The smallest absolute Gasteiger partial charge is 0.252 e. The van der Waals surface area contributed by atoms with E-state index in [1.54, 1.807) is 30.5 Å². The van der Waals surface area contributed by atoms with Gasteiger partial charge in [0.1, 0.15) is 30.2 Å². The van der Waals surface area contributed by atoms with Gasteiger partial charge in [-0.05, 0) is 74.6 Å². The number of nitrogens with one attached hydrogen (secondary N) is 4. The largest absolute Gasteiger partial charge is 0.370 e. The topological polar surface area (TPSA) is 277 Å². The predicted octanol–water partition coefficient (Wildman–Crippen LogP) is 0.836. The number of aliphatic imine (C=N–C) groups is 1. The molecule has 0 bridgehead atoms. The highest BCUT2D eigenvalue weighted by molar-refractivity contribution is 6.06. The quantitative estimate of drug-likeness (QED) is 0.0682. The van der Waals surface area contributed by atoms with Crippen molar-refractivity contribution >= 4 is 52.3 Å². The summed E-state index contributed by atoms with van der Waals surface area (Å²) in [5.74, 6) is -4.17. The summed E-state index contributed by atoms with van der Waals surface area (Å²) in [6.45, 7) is 0.174. The van der Waals surface area contributed by atoms with E-state index in [0.29, 0.717) is 19.3 Å². The molecule has 6 amide bonds. The van der Waals surface area contributed by atoms with Crippen LogP contribution in [0.2, 0.25) is 0 Å². The lowest BCUT2D eigenvalue weighted by Gasteiger charge is -2.37. The minimum absolute atomic E-state index is 0.0237. The van der Waals surface area contributed by atoms with Gasteiger partial charge in [0.15, 0.2) is 5.96 Å². The molecule has 2 saturated heterocycles. The number of carbonyl (C=O) groups is 6. The Balaban J connectivity index is 1.44. The van der Waals surface area contributed by atoms with Crippen LogP contribution in [-0.2, 0) is 41.6 Å². The summed E-state index contributed by atoms with van der Waals surface area (Å²) in [5.41, 5.74) is 26.2. The van der Waals surface area contributed by atoms with Crippen molar-refractivity contribution in [3.8, 4) is 0 Å². The number of fused-ring (bicyclic) bond motifs is 2. The number of hydrogen-bond acceptors (Lipinski definition) is 9. The first-order valence-corrected chi connectivity index (χ1v) is 21.6. The van der Waals surface area contributed by atoms with Crippen molar-refractivity contribution in [2.75, 3.05) is 19.6 Å². The van der Waals surface area contributed by atoms with Crippen molar-refractivity contribution in [2.24, 2.45) is 33.8 Å². The molecule has 17 nitrogen and oxygen atoms in total. The van der Waals surface area contributed by atoms with Gasteiger partial charge in [-0.15, -0.1) is 0 Å². The first-order valence-electron chi connectivity index (χ1n) is 21.6. The number of nitrogens with zero attached hydrogens (tertiary/aromatic N) is 3. The van der Waals surface area contributed by atoms with Gasteiger partial charge >= 0.3 is 0 Å². The number of carbonyl (C=O) groups excluding carboxylic acids is 6. The van der Waals surface area contributed by atoms with E-state index in [-0.39, 0.29) is 63.6 Å². The number of guanidine groups is 1. The third-order valence-corrected chi connectivity index (χ3v) is 12.2. The number of aromatic nitrogens is 1. The maximum atomic E-state index is 15.1. The van der Waals surface area contributed by atoms with Crippen LogP contribution in [0, 0.1) is 5.92 Å². The Kier molecular flexibility index (Phi) is 15.5. The zero-order valence-corrected chi connectivity index (χ0v) is 34.7. The van der Waals surface area contributed by atoms with Gasteiger partial charge in [0.2, 0.25) is 29.5 Å². The number of hydrogen-bond donors (Lipinski definition) is 8. The Labute approximate surface area is 356 Å². The van der Waals surface area contributed by atoms with E-state index in [1.165, 1.54) is 4.90 Å². The summed E-state index contributed by atoms with van der Waals surface area (Å²) in [4.78, 5) is 97.8. The van der Waals surface area contributed by atoms with Crippen LogP contribution in [0.4, 0.5) is 0 Å². The summed E-state index contributed by atoms with van der Waals surface area (Å²) in [6, 6.07) is 9.22. The van der Waals surface area contributed by atoms with Crippen LogP contribution < -0.4 is 38.9 Å². The molecule has 3 heterocycles. The number of aromatic amines is 1. The number of rotatable bonds is 13. The molecule has 3 aromatic rings. The molecule has 2 aliphatic heterocycles. The fourth-order valence-corrected chi connectivity index (χ4v) is 9.02. The summed E-state index contributed by atoms with van der Waals surface area (Å²) in [6.07, 6.45) is 7.88. The zero-order chi connectivity index (χ0) is 43.5. The lowest BCUT2D eigenvalue weighted by molar-refractivity contribution is -0.158. The molecule has 2 aromatic carbocycles. The van der Waals surface area contributed by atoms with Crippen LogP contribution >= 0.6 is 0 Å². The summed E-state index contributed by atoms with van der Waals surface area (Å²) < 4.78 is 0. The average molecular weight is 840 g/mol. The molecule has 12 N–H and O–H groups in total. The summed E-state index contributed by atoms with van der Waals surface area (Å²) in [5, 5.41) is 9.62. The summed E-state index contributed by atoms with van der Waals surface area (Å²) in [7, 11) is 0. The van der Waals surface area contributed by atoms with Crippen molar-refractivity contribution < 1.29 is 28.8 Å². The fraction of sp³-hybridized carbons (Fsp3) is 0.523. The number of H-pyrrole nitrogens is 1. The van der Waals surface area contributed by atoms with Crippen molar-refractivity contribution in [3.05, 3.63) is 71.9 Å². The molecule has 17 heteroatoms. The van der Waals surface area contributed by atoms with Crippen LogP contribution in [0.5, 0.6) is 0 Å².